The van der Waals surface area contributed by atoms with Crippen LogP contribution in [-0.2, 0) is 13.1 Å². The first-order valence-electron chi connectivity index (χ1n) is 6.98. The normalized spacial score (nSPS) is 18.3. The minimum Gasteiger partial charge on any atom is -0.315 e. The SMILES string of the molecule is CCCN1CCN(Cc2ccc(CNC)s2)CC1. The molecule has 1 aliphatic rings. The monoisotopic (exact) mass is 267 g/mol. The third-order valence-electron chi connectivity index (χ3n) is 3.45. The summed E-state index contributed by atoms with van der Waals surface area (Å²) in [4.78, 5) is 8.11. The molecule has 2 heterocycles. The van der Waals surface area contributed by atoms with Crippen LogP contribution in [0.1, 0.15) is 23.1 Å². The van der Waals surface area contributed by atoms with E-state index >= 15 is 0 Å². The Morgan fingerprint density at radius 1 is 1.11 bits per heavy atom. The summed E-state index contributed by atoms with van der Waals surface area (Å²) in [5.74, 6) is 0. The fourth-order valence-electron chi connectivity index (χ4n) is 2.48. The number of nitrogens with one attached hydrogen (secondary N) is 1. The summed E-state index contributed by atoms with van der Waals surface area (Å²) >= 11 is 1.94. The second-order valence-electron chi connectivity index (χ2n) is 5.02. The zero-order valence-electron chi connectivity index (χ0n) is 11.6. The van der Waals surface area contributed by atoms with Crippen molar-refractivity contribution in [2.45, 2.75) is 26.4 Å². The molecule has 4 heteroatoms. The van der Waals surface area contributed by atoms with Gasteiger partial charge in [-0.2, -0.15) is 0 Å². The molecule has 0 unspecified atom stereocenters. The highest BCUT2D eigenvalue weighted by atomic mass is 32.1. The Bertz CT molecular complexity index is 343. The standard InChI is InChI=1S/C14H25N3S/c1-3-6-16-7-9-17(10-8-16)12-14-5-4-13(18-14)11-15-2/h4-5,15H,3,6-12H2,1-2H3. The van der Waals surface area contributed by atoms with Crippen LogP contribution in [0.5, 0.6) is 0 Å². The molecule has 0 amide bonds. The van der Waals surface area contributed by atoms with E-state index in [0.29, 0.717) is 0 Å². The van der Waals surface area contributed by atoms with Crippen LogP contribution < -0.4 is 5.32 Å². The van der Waals surface area contributed by atoms with Crippen molar-refractivity contribution in [3.8, 4) is 0 Å². The van der Waals surface area contributed by atoms with Crippen LogP contribution in [0.15, 0.2) is 12.1 Å². The molecule has 1 aliphatic heterocycles. The molecule has 0 aromatic carbocycles. The van der Waals surface area contributed by atoms with E-state index in [0.717, 1.165) is 13.1 Å². The van der Waals surface area contributed by atoms with Gasteiger partial charge >= 0.3 is 0 Å². The number of piperazine rings is 1. The molecule has 1 aromatic rings. The molecule has 1 aromatic heterocycles. The molecule has 18 heavy (non-hydrogen) atoms. The highest BCUT2D eigenvalue weighted by Gasteiger charge is 2.16. The number of rotatable bonds is 6. The first-order chi connectivity index (χ1) is 8.81. The second kappa shape index (κ2) is 7.24. The van der Waals surface area contributed by atoms with Crippen LogP contribution in [0, 0.1) is 0 Å². The zero-order valence-corrected chi connectivity index (χ0v) is 12.4. The van der Waals surface area contributed by atoms with Crippen LogP contribution in [-0.4, -0.2) is 49.6 Å². The quantitative estimate of drug-likeness (QED) is 0.850. The van der Waals surface area contributed by atoms with E-state index in [4.69, 9.17) is 0 Å². The van der Waals surface area contributed by atoms with Crippen molar-refractivity contribution >= 4 is 11.3 Å². The number of nitrogens with zero attached hydrogens (tertiary/aromatic N) is 2. The Balaban J connectivity index is 1.76. The average molecular weight is 267 g/mol. The Morgan fingerprint density at radius 2 is 1.78 bits per heavy atom. The van der Waals surface area contributed by atoms with Gasteiger partial charge in [0.2, 0.25) is 0 Å². The van der Waals surface area contributed by atoms with E-state index in [1.807, 2.05) is 18.4 Å². The lowest BCUT2D eigenvalue weighted by Crippen LogP contribution is -2.45. The maximum atomic E-state index is 3.21. The summed E-state index contributed by atoms with van der Waals surface area (Å²) < 4.78 is 0. The topological polar surface area (TPSA) is 18.5 Å². The van der Waals surface area contributed by atoms with E-state index in [-0.39, 0.29) is 0 Å². The zero-order chi connectivity index (χ0) is 12.8. The van der Waals surface area contributed by atoms with Gasteiger partial charge in [-0.15, -0.1) is 11.3 Å². The van der Waals surface area contributed by atoms with Crippen molar-refractivity contribution < 1.29 is 0 Å². The van der Waals surface area contributed by atoms with Crippen molar-refractivity contribution in [1.29, 1.82) is 0 Å². The third-order valence-corrected chi connectivity index (χ3v) is 4.52. The van der Waals surface area contributed by atoms with Crippen molar-refractivity contribution in [3.63, 3.8) is 0 Å². The van der Waals surface area contributed by atoms with Gasteiger partial charge in [0.25, 0.3) is 0 Å². The summed E-state index contributed by atoms with van der Waals surface area (Å²) in [6.07, 6.45) is 1.28. The molecule has 1 saturated heterocycles. The molecule has 3 nitrogen and oxygen atoms in total. The van der Waals surface area contributed by atoms with Crippen molar-refractivity contribution in [1.82, 2.24) is 15.1 Å². The van der Waals surface area contributed by atoms with Gasteiger partial charge in [-0.25, -0.2) is 0 Å². The largest absolute Gasteiger partial charge is 0.315 e. The van der Waals surface area contributed by atoms with Gasteiger partial charge in [0.05, 0.1) is 0 Å². The van der Waals surface area contributed by atoms with Crippen molar-refractivity contribution in [3.05, 3.63) is 21.9 Å². The van der Waals surface area contributed by atoms with E-state index in [1.165, 1.54) is 48.9 Å². The molecule has 102 valence electrons. The first kappa shape index (κ1) is 14.0. The first-order valence-corrected chi connectivity index (χ1v) is 7.80. The number of hydrogen-bond donors (Lipinski definition) is 1. The fourth-order valence-corrected chi connectivity index (χ4v) is 3.56. The van der Waals surface area contributed by atoms with E-state index in [9.17, 15) is 0 Å². The maximum Gasteiger partial charge on any atom is 0.0329 e. The van der Waals surface area contributed by atoms with Crippen LogP contribution in [0.2, 0.25) is 0 Å². The lowest BCUT2D eigenvalue weighted by atomic mass is 10.3. The van der Waals surface area contributed by atoms with Gasteiger partial charge in [0.1, 0.15) is 0 Å². The van der Waals surface area contributed by atoms with Gasteiger partial charge in [-0.3, -0.25) is 4.90 Å². The number of thiophene rings is 1. The third kappa shape index (κ3) is 4.05. The predicted molar refractivity (Wildman–Crippen MR) is 79.1 cm³/mol. The van der Waals surface area contributed by atoms with Gasteiger partial charge in [0, 0.05) is 49.0 Å². The lowest BCUT2D eigenvalue weighted by Gasteiger charge is -2.34. The molecule has 0 radical (unpaired) electrons. The Hall–Kier alpha value is -0.420. The van der Waals surface area contributed by atoms with Crippen LogP contribution in [0.3, 0.4) is 0 Å². The van der Waals surface area contributed by atoms with Gasteiger partial charge in [0.15, 0.2) is 0 Å². The van der Waals surface area contributed by atoms with Crippen molar-refractivity contribution in [2.24, 2.45) is 0 Å². The molecule has 0 aliphatic carbocycles. The van der Waals surface area contributed by atoms with Gasteiger partial charge in [-0.05, 0) is 32.1 Å². The summed E-state index contributed by atoms with van der Waals surface area (Å²) in [5.41, 5.74) is 0. The van der Waals surface area contributed by atoms with Crippen LogP contribution >= 0.6 is 11.3 Å². The molecule has 2 rings (SSSR count). The smallest absolute Gasteiger partial charge is 0.0329 e. The molecule has 0 spiro atoms. The summed E-state index contributed by atoms with van der Waals surface area (Å²) in [6, 6.07) is 4.54. The van der Waals surface area contributed by atoms with Crippen molar-refractivity contribution in [2.75, 3.05) is 39.8 Å². The molecule has 1 fully saturated rings. The van der Waals surface area contributed by atoms with Gasteiger partial charge < -0.3 is 10.2 Å². The second-order valence-corrected chi connectivity index (χ2v) is 6.27. The van der Waals surface area contributed by atoms with E-state index in [2.05, 4.69) is 34.2 Å². The fraction of sp³-hybridized carbons (Fsp3) is 0.714. The van der Waals surface area contributed by atoms with Gasteiger partial charge in [-0.1, -0.05) is 6.92 Å². The summed E-state index contributed by atoms with van der Waals surface area (Å²) in [6.45, 7) is 10.6. The van der Waals surface area contributed by atoms with E-state index < -0.39 is 0 Å². The molecule has 1 N–H and O–H groups in total. The average Bonchev–Trinajstić information content (AvgIpc) is 2.80. The Morgan fingerprint density at radius 3 is 2.44 bits per heavy atom. The minimum atomic E-state index is 0.995. The molecule has 0 atom stereocenters. The van der Waals surface area contributed by atoms with Crippen LogP contribution in [0.25, 0.3) is 0 Å². The number of hydrogen-bond acceptors (Lipinski definition) is 4. The van der Waals surface area contributed by atoms with E-state index in [1.54, 1.807) is 0 Å². The lowest BCUT2D eigenvalue weighted by molar-refractivity contribution is 0.128. The Labute approximate surface area is 115 Å². The molecular weight excluding hydrogens is 242 g/mol. The molecular formula is C14H25N3S. The summed E-state index contributed by atoms with van der Waals surface area (Å²) in [5, 5.41) is 3.21. The highest BCUT2D eigenvalue weighted by Crippen LogP contribution is 2.19. The molecule has 0 bridgehead atoms. The minimum absolute atomic E-state index is 0.995. The van der Waals surface area contributed by atoms with Crippen LogP contribution in [0.4, 0.5) is 0 Å². The summed E-state index contributed by atoms with van der Waals surface area (Å²) in [7, 11) is 2.01. The maximum absolute atomic E-state index is 3.21. The Kier molecular flexibility index (Phi) is 5.63. The predicted octanol–water partition coefficient (Wildman–Crippen LogP) is 2.00. The molecule has 0 saturated carbocycles. The highest BCUT2D eigenvalue weighted by molar-refractivity contribution is 7.11.